The fraction of sp³-hybridized carbons (Fsp3) is 0.423. The molecule has 1 aliphatic carbocycles. The first-order valence-electron chi connectivity index (χ1n) is 12.3. The van der Waals surface area contributed by atoms with E-state index in [1.165, 1.54) is 24.7 Å². The number of aromatic amines is 1. The fourth-order valence-electron chi connectivity index (χ4n) is 4.83. The Morgan fingerprint density at radius 1 is 1.26 bits per heavy atom. The van der Waals surface area contributed by atoms with Crippen molar-refractivity contribution in [3.05, 3.63) is 70.4 Å². The summed E-state index contributed by atoms with van der Waals surface area (Å²) >= 11 is 1.63. The molecule has 13 heteroatoms. The first-order valence-corrected chi connectivity index (χ1v) is 13.3. The lowest BCUT2D eigenvalue weighted by atomic mass is 10.2. The number of H-pyrrole nitrogens is 1. The molecule has 2 atom stereocenters. The molecule has 5 rings (SSSR count). The third-order valence-corrected chi connectivity index (χ3v) is 7.53. The number of carboxylic acids is 1. The van der Waals surface area contributed by atoms with E-state index in [1.54, 1.807) is 28.4 Å². The van der Waals surface area contributed by atoms with Gasteiger partial charge in [-0.05, 0) is 64.4 Å². The number of alkyl halides is 3. The van der Waals surface area contributed by atoms with E-state index in [9.17, 15) is 22.8 Å². The predicted molar refractivity (Wildman–Crippen MR) is 138 cm³/mol. The maximum atomic E-state index is 12.5. The van der Waals surface area contributed by atoms with Crippen LogP contribution in [0.1, 0.15) is 21.6 Å². The summed E-state index contributed by atoms with van der Waals surface area (Å²) in [6.45, 7) is 4.30. The second-order valence-corrected chi connectivity index (χ2v) is 10.4. The van der Waals surface area contributed by atoms with Crippen LogP contribution in [0.3, 0.4) is 0 Å². The number of likely N-dealkylation sites (N-methyl/N-ethyl adjacent to an activating group) is 1. The Hall–Kier alpha value is -3.42. The number of benzene rings is 1. The zero-order valence-electron chi connectivity index (χ0n) is 21.2. The minimum atomic E-state index is -4.68. The highest BCUT2D eigenvalue weighted by molar-refractivity contribution is 7.07. The van der Waals surface area contributed by atoms with Crippen molar-refractivity contribution in [1.29, 1.82) is 0 Å². The summed E-state index contributed by atoms with van der Waals surface area (Å²) in [6, 6.07) is 8.10. The Bertz CT molecular complexity index is 1210. The second-order valence-electron chi connectivity index (χ2n) is 9.66. The Morgan fingerprint density at radius 2 is 2.03 bits per heavy atom. The van der Waals surface area contributed by atoms with Crippen LogP contribution < -0.4 is 10.1 Å². The van der Waals surface area contributed by atoms with Crippen LogP contribution in [0.25, 0.3) is 0 Å². The monoisotopic (exact) mass is 565 g/mol. The minimum absolute atomic E-state index is 0.116. The van der Waals surface area contributed by atoms with Gasteiger partial charge in [-0.1, -0.05) is 12.1 Å². The minimum Gasteiger partial charge on any atom is -0.477 e. The van der Waals surface area contributed by atoms with Gasteiger partial charge in [0.1, 0.15) is 11.4 Å². The van der Waals surface area contributed by atoms with Gasteiger partial charge >= 0.3 is 12.3 Å². The molecule has 2 fully saturated rings. The van der Waals surface area contributed by atoms with Crippen LogP contribution in [-0.2, 0) is 17.9 Å². The summed E-state index contributed by atoms with van der Waals surface area (Å²) < 4.78 is 41.0. The summed E-state index contributed by atoms with van der Waals surface area (Å²) in [5.74, 6) is 0.735. The average molecular weight is 566 g/mol. The van der Waals surface area contributed by atoms with E-state index in [1.807, 2.05) is 18.5 Å². The molecule has 0 spiro atoms. The number of nitrogens with zero attached hydrogens (tertiary/aromatic N) is 3. The number of ether oxygens (including phenoxy) is 1. The number of thiophene rings is 1. The van der Waals surface area contributed by atoms with Crippen molar-refractivity contribution in [2.75, 3.05) is 33.2 Å². The molecule has 1 amide bonds. The van der Waals surface area contributed by atoms with Crippen LogP contribution in [0.15, 0.2) is 53.6 Å². The molecule has 2 unspecified atom stereocenters. The summed E-state index contributed by atoms with van der Waals surface area (Å²) in [5.41, 5.74) is 2.03. The number of halogens is 3. The van der Waals surface area contributed by atoms with E-state index in [0.29, 0.717) is 37.4 Å². The summed E-state index contributed by atoms with van der Waals surface area (Å²) in [4.78, 5) is 32.4. The number of imidazole rings is 1. The molecule has 3 N–H and O–H groups in total. The fourth-order valence-corrected chi connectivity index (χ4v) is 5.49. The quantitative estimate of drug-likeness (QED) is 0.344. The summed E-state index contributed by atoms with van der Waals surface area (Å²) in [5, 5.41) is 15.6. The number of aromatic nitrogens is 2. The second kappa shape index (κ2) is 12.6. The largest absolute Gasteiger partial charge is 0.573 e. The highest BCUT2D eigenvalue weighted by Gasteiger charge is 2.55. The van der Waals surface area contributed by atoms with Crippen molar-refractivity contribution >= 4 is 23.2 Å². The number of nitrogens with one attached hydrogen (secondary N) is 2. The van der Waals surface area contributed by atoms with Crippen molar-refractivity contribution in [2.45, 2.75) is 19.5 Å². The molecule has 2 aliphatic rings. The molecule has 3 aromatic rings. The average Bonchev–Trinajstić information content (AvgIpc) is 3.42. The first kappa shape index (κ1) is 28.6. The lowest BCUT2D eigenvalue weighted by Crippen LogP contribution is -2.38. The van der Waals surface area contributed by atoms with Crippen LogP contribution in [0.5, 0.6) is 5.75 Å². The SMILES string of the molecule is CN(Cc1ccsc1)C(=O)CN1CC2C(CNCc3cccc(OC(F)(F)F)c3)C2C1.O=C(O)c1cnc[nH]1. The molecule has 210 valence electrons. The van der Waals surface area contributed by atoms with Crippen molar-refractivity contribution in [2.24, 2.45) is 17.8 Å². The van der Waals surface area contributed by atoms with E-state index in [4.69, 9.17) is 5.11 Å². The number of carboxylic acid groups (broad SMARTS) is 1. The number of carbonyl (C=O) groups excluding carboxylic acids is 1. The van der Waals surface area contributed by atoms with Gasteiger partial charge in [0.05, 0.1) is 19.1 Å². The van der Waals surface area contributed by atoms with Crippen molar-refractivity contribution < 1.29 is 32.6 Å². The van der Waals surface area contributed by atoms with Gasteiger partial charge in [-0.2, -0.15) is 11.3 Å². The molecule has 3 heterocycles. The lowest BCUT2D eigenvalue weighted by Gasteiger charge is -2.23. The van der Waals surface area contributed by atoms with Crippen LogP contribution in [0.2, 0.25) is 0 Å². The number of fused-ring (bicyclic) bond motifs is 1. The van der Waals surface area contributed by atoms with Crippen molar-refractivity contribution in [3.63, 3.8) is 0 Å². The third-order valence-electron chi connectivity index (χ3n) is 6.80. The van der Waals surface area contributed by atoms with E-state index in [2.05, 4.69) is 30.3 Å². The van der Waals surface area contributed by atoms with Crippen LogP contribution in [0, 0.1) is 17.8 Å². The topological polar surface area (TPSA) is 111 Å². The molecular formula is C26H30F3N5O4S. The van der Waals surface area contributed by atoms with Crippen LogP contribution in [0.4, 0.5) is 13.2 Å². The zero-order chi connectivity index (χ0) is 28.0. The number of hydrogen-bond acceptors (Lipinski definition) is 7. The van der Waals surface area contributed by atoms with E-state index in [0.717, 1.165) is 30.8 Å². The first-order chi connectivity index (χ1) is 18.6. The van der Waals surface area contributed by atoms with Gasteiger partial charge in [-0.3, -0.25) is 9.69 Å². The number of piperidine rings is 1. The summed E-state index contributed by atoms with van der Waals surface area (Å²) in [7, 11) is 1.85. The Kier molecular flexibility index (Phi) is 9.25. The number of carbonyl (C=O) groups is 2. The Balaban J connectivity index is 0.000000379. The van der Waals surface area contributed by atoms with Gasteiger partial charge in [0.2, 0.25) is 5.91 Å². The number of likely N-dealkylation sites (tertiary alicyclic amines) is 1. The standard InChI is InChI=1S/C22H26F3N3O2S.C4H4N2O2/c1-27(10-16-5-6-31-14-16)21(29)13-28-11-19-18(20(19)12-28)9-26-8-15-3-2-4-17(7-15)30-22(23,24)25;7-4(8)3-1-5-2-6-3/h2-7,14,18-20,26H,8-13H2,1H3;1-2H,(H,5,6)(H,7,8). The number of amides is 1. The van der Waals surface area contributed by atoms with E-state index >= 15 is 0 Å². The Labute approximate surface area is 227 Å². The molecule has 1 aromatic carbocycles. The lowest BCUT2D eigenvalue weighted by molar-refractivity contribution is -0.274. The maximum absolute atomic E-state index is 12.5. The van der Waals surface area contributed by atoms with Gasteiger partial charge < -0.3 is 25.0 Å². The molecule has 9 nitrogen and oxygen atoms in total. The van der Waals surface area contributed by atoms with Gasteiger partial charge in [-0.15, -0.1) is 13.2 Å². The van der Waals surface area contributed by atoms with E-state index in [-0.39, 0.29) is 17.4 Å². The normalized spacial score (nSPS) is 20.1. The van der Waals surface area contributed by atoms with Crippen LogP contribution in [-0.4, -0.2) is 76.3 Å². The number of rotatable bonds is 10. The molecular weight excluding hydrogens is 535 g/mol. The third kappa shape index (κ3) is 8.53. The van der Waals surface area contributed by atoms with Gasteiger partial charge in [0.15, 0.2) is 0 Å². The Morgan fingerprint density at radius 3 is 2.62 bits per heavy atom. The number of aromatic carboxylic acids is 1. The van der Waals surface area contributed by atoms with Gasteiger partial charge in [0.25, 0.3) is 0 Å². The zero-order valence-corrected chi connectivity index (χ0v) is 22.0. The van der Waals surface area contributed by atoms with Gasteiger partial charge in [-0.25, -0.2) is 9.78 Å². The molecule has 1 saturated heterocycles. The number of hydrogen-bond donors (Lipinski definition) is 3. The summed E-state index contributed by atoms with van der Waals surface area (Å²) in [6.07, 6.45) is -2.10. The molecule has 0 bridgehead atoms. The van der Waals surface area contributed by atoms with Crippen molar-refractivity contribution in [3.8, 4) is 5.75 Å². The van der Waals surface area contributed by atoms with Gasteiger partial charge in [0, 0.05) is 33.2 Å². The molecule has 39 heavy (non-hydrogen) atoms. The smallest absolute Gasteiger partial charge is 0.477 e. The molecule has 0 radical (unpaired) electrons. The molecule has 2 aromatic heterocycles. The van der Waals surface area contributed by atoms with Crippen LogP contribution >= 0.6 is 11.3 Å². The van der Waals surface area contributed by atoms with Crippen molar-refractivity contribution in [1.82, 2.24) is 25.1 Å². The van der Waals surface area contributed by atoms with E-state index < -0.39 is 12.3 Å². The molecule has 1 saturated carbocycles. The predicted octanol–water partition coefficient (Wildman–Crippen LogP) is 3.68. The molecule has 1 aliphatic heterocycles. The maximum Gasteiger partial charge on any atom is 0.573 e. The highest BCUT2D eigenvalue weighted by Crippen LogP contribution is 2.51. The highest BCUT2D eigenvalue weighted by atomic mass is 32.1.